The monoisotopic (exact) mass is 303 g/mol. The van der Waals surface area contributed by atoms with Crippen LogP contribution in [0.25, 0.3) is 10.9 Å². The van der Waals surface area contributed by atoms with Gasteiger partial charge in [0, 0.05) is 28.6 Å². The lowest BCUT2D eigenvalue weighted by Gasteiger charge is -2.01. The number of Topliss-reactive ketones (excluding diaryl/α,β-unsaturated/α-hetero) is 1. The quantitative estimate of drug-likeness (QED) is 0.686. The predicted molar refractivity (Wildman–Crippen MR) is 82.8 cm³/mol. The molecular formula is C16H11Cl2NO. The van der Waals surface area contributed by atoms with Crippen LogP contribution in [-0.4, -0.2) is 10.8 Å². The average Bonchev–Trinajstić information content (AvgIpc) is 2.84. The van der Waals surface area contributed by atoms with Gasteiger partial charge < -0.3 is 4.98 Å². The van der Waals surface area contributed by atoms with E-state index in [2.05, 4.69) is 4.98 Å². The van der Waals surface area contributed by atoms with Gasteiger partial charge in [-0.2, -0.15) is 0 Å². The minimum Gasteiger partial charge on any atom is -0.359 e. The van der Waals surface area contributed by atoms with E-state index in [9.17, 15) is 4.79 Å². The molecule has 0 saturated heterocycles. The van der Waals surface area contributed by atoms with Crippen molar-refractivity contribution < 1.29 is 4.79 Å². The summed E-state index contributed by atoms with van der Waals surface area (Å²) in [6.07, 6.45) is 2.03. The van der Waals surface area contributed by atoms with E-state index in [0.29, 0.717) is 22.0 Å². The molecule has 20 heavy (non-hydrogen) atoms. The van der Waals surface area contributed by atoms with Gasteiger partial charge in [0.1, 0.15) is 0 Å². The Hall–Kier alpha value is -1.77. The number of benzene rings is 2. The van der Waals surface area contributed by atoms with Crippen LogP contribution in [0.1, 0.15) is 15.9 Å². The topological polar surface area (TPSA) is 32.9 Å². The SMILES string of the molecule is O=C(Cc1cccc(Cl)c1)c1c[nH]c2c(Cl)cccc12. The third kappa shape index (κ3) is 2.45. The van der Waals surface area contributed by atoms with Crippen LogP contribution < -0.4 is 0 Å². The summed E-state index contributed by atoms with van der Waals surface area (Å²) in [7, 11) is 0. The van der Waals surface area contributed by atoms with Gasteiger partial charge in [0.2, 0.25) is 0 Å². The van der Waals surface area contributed by atoms with Gasteiger partial charge in [-0.05, 0) is 23.8 Å². The van der Waals surface area contributed by atoms with E-state index in [4.69, 9.17) is 23.2 Å². The Kier molecular flexibility index (Phi) is 3.51. The summed E-state index contributed by atoms with van der Waals surface area (Å²) >= 11 is 12.0. The first kappa shape index (κ1) is 13.2. The van der Waals surface area contributed by atoms with E-state index >= 15 is 0 Å². The molecule has 3 aromatic rings. The minimum atomic E-state index is 0.0424. The number of ketones is 1. The molecule has 0 bridgehead atoms. The minimum absolute atomic E-state index is 0.0424. The first-order valence-corrected chi connectivity index (χ1v) is 6.94. The lowest BCUT2D eigenvalue weighted by Crippen LogP contribution is -2.02. The van der Waals surface area contributed by atoms with Gasteiger partial charge in [-0.25, -0.2) is 0 Å². The highest BCUT2D eigenvalue weighted by molar-refractivity contribution is 6.35. The number of rotatable bonds is 3. The zero-order valence-corrected chi connectivity index (χ0v) is 12.0. The van der Waals surface area contributed by atoms with Crippen molar-refractivity contribution in [3.8, 4) is 0 Å². The lowest BCUT2D eigenvalue weighted by atomic mass is 10.0. The first-order valence-electron chi connectivity index (χ1n) is 6.18. The van der Waals surface area contributed by atoms with Gasteiger partial charge in [0.15, 0.2) is 5.78 Å². The maximum atomic E-state index is 12.4. The van der Waals surface area contributed by atoms with Gasteiger partial charge in [-0.3, -0.25) is 4.79 Å². The summed E-state index contributed by atoms with van der Waals surface area (Å²) in [5.41, 5.74) is 2.35. The van der Waals surface area contributed by atoms with Crippen LogP contribution >= 0.6 is 23.2 Å². The summed E-state index contributed by atoms with van der Waals surface area (Å²) in [6, 6.07) is 12.9. The Morgan fingerprint density at radius 3 is 2.70 bits per heavy atom. The van der Waals surface area contributed by atoms with Crippen LogP contribution in [0.2, 0.25) is 10.0 Å². The van der Waals surface area contributed by atoms with Crippen molar-refractivity contribution in [1.82, 2.24) is 4.98 Å². The van der Waals surface area contributed by atoms with Gasteiger partial charge in [0.25, 0.3) is 0 Å². The first-order chi connectivity index (χ1) is 9.65. The zero-order valence-electron chi connectivity index (χ0n) is 10.5. The number of carbonyl (C=O) groups excluding carboxylic acids is 1. The fourth-order valence-corrected chi connectivity index (χ4v) is 2.72. The smallest absolute Gasteiger partial charge is 0.169 e. The molecule has 2 aromatic carbocycles. The van der Waals surface area contributed by atoms with Gasteiger partial charge in [-0.15, -0.1) is 0 Å². The van der Waals surface area contributed by atoms with E-state index in [-0.39, 0.29) is 5.78 Å². The summed E-state index contributed by atoms with van der Waals surface area (Å²) in [4.78, 5) is 15.5. The second-order valence-electron chi connectivity index (χ2n) is 4.59. The second-order valence-corrected chi connectivity index (χ2v) is 5.44. The number of hydrogen-bond donors (Lipinski definition) is 1. The molecule has 0 saturated carbocycles. The number of hydrogen-bond acceptors (Lipinski definition) is 1. The molecule has 0 radical (unpaired) electrons. The third-order valence-electron chi connectivity index (χ3n) is 3.22. The van der Waals surface area contributed by atoms with E-state index in [1.165, 1.54) is 0 Å². The molecule has 1 aromatic heterocycles. The van der Waals surface area contributed by atoms with Crippen molar-refractivity contribution in [3.05, 3.63) is 69.8 Å². The van der Waals surface area contributed by atoms with E-state index in [0.717, 1.165) is 16.5 Å². The fourth-order valence-electron chi connectivity index (χ4n) is 2.28. The summed E-state index contributed by atoms with van der Waals surface area (Å²) in [5.74, 6) is 0.0424. The number of aromatic nitrogens is 1. The third-order valence-corrected chi connectivity index (χ3v) is 3.77. The van der Waals surface area contributed by atoms with Crippen molar-refractivity contribution >= 4 is 39.9 Å². The molecule has 3 rings (SSSR count). The highest BCUT2D eigenvalue weighted by Gasteiger charge is 2.14. The van der Waals surface area contributed by atoms with Gasteiger partial charge in [-0.1, -0.05) is 47.5 Å². The summed E-state index contributed by atoms with van der Waals surface area (Å²) in [6.45, 7) is 0. The Bertz CT molecular complexity index is 792. The van der Waals surface area contributed by atoms with Gasteiger partial charge >= 0.3 is 0 Å². The molecule has 1 heterocycles. The molecule has 0 spiro atoms. The molecule has 0 aliphatic carbocycles. The van der Waals surface area contributed by atoms with Crippen LogP contribution in [0.3, 0.4) is 0 Å². The Morgan fingerprint density at radius 2 is 1.90 bits per heavy atom. The summed E-state index contributed by atoms with van der Waals surface area (Å²) in [5, 5.41) is 2.10. The number of aromatic amines is 1. The summed E-state index contributed by atoms with van der Waals surface area (Å²) < 4.78 is 0. The molecule has 4 heteroatoms. The zero-order chi connectivity index (χ0) is 14.1. The van der Waals surface area contributed by atoms with Crippen molar-refractivity contribution in [1.29, 1.82) is 0 Å². The molecule has 1 N–H and O–H groups in total. The number of H-pyrrole nitrogens is 1. The maximum absolute atomic E-state index is 12.4. The Morgan fingerprint density at radius 1 is 1.10 bits per heavy atom. The Labute approximate surface area is 126 Å². The van der Waals surface area contributed by atoms with Crippen LogP contribution in [-0.2, 0) is 6.42 Å². The molecule has 0 aliphatic rings. The fraction of sp³-hybridized carbons (Fsp3) is 0.0625. The van der Waals surface area contributed by atoms with Crippen molar-refractivity contribution in [2.24, 2.45) is 0 Å². The highest BCUT2D eigenvalue weighted by Crippen LogP contribution is 2.26. The van der Waals surface area contributed by atoms with Crippen molar-refractivity contribution in [2.75, 3.05) is 0 Å². The number of fused-ring (bicyclic) bond motifs is 1. The lowest BCUT2D eigenvalue weighted by molar-refractivity contribution is 0.0994. The van der Waals surface area contributed by atoms with Crippen molar-refractivity contribution in [2.45, 2.75) is 6.42 Å². The predicted octanol–water partition coefficient (Wildman–Crippen LogP) is 4.90. The maximum Gasteiger partial charge on any atom is 0.169 e. The molecule has 0 amide bonds. The van der Waals surface area contributed by atoms with E-state index in [1.807, 2.05) is 24.3 Å². The van der Waals surface area contributed by atoms with E-state index in [1.54, 1.807) is 24.4 Å². The average molecular weight is 304 g/mol. The van der Waals surface area contributed by atoms with Crippen LogP contribution in [0.15, 0.2) is 48.7 Å². The van der Waals surface area contributed by atoms with Crippen LogP contribution in [0.4, 0.5) is 0 Å². The molecule has 0 fully saturated rings. The highest BCUT2D eigenvalue weighted by atomic mass is 35.5. The van der Waals surface area contributed by atoms with Crippen molar-refractivity contribution in [3.63, 3.8) is 0 Å². The normalized spacial score (nSPS) is 10.9. The van der Waals surface area contributed by atoms with Crippen LogP contribution in [0, 0.1) is 0 Å². The molecule has 0 unspecified atom stereocenters. The largest absolute Gasteiger partial charge is 0.359 e. The number of para-hydroxylation sites is 1. The molecule has 0 aliphatic heterocycles. The molecule has 0 atom stereocenters. The molecule has 2 nitrogen and oxygen atoms in total. The number of carbonyl (C=O) groups is 1. The number of halogens is 2. The Balaban J connectivity index is 1.95. The van der Waals surface area contributed by atoms with Crippen LogP contribution in [0.5, 0.6) is 0 Å². The second kappa shape index (κ2) is 5.31. The van der Waals surface area contributed by atoms with Gasteiger partial charge in [0.05, 0.1) is 10.5 Å². The molecular weight excluding hydrogens is 293 g/mol. The number of nitrogens with one attached hydrogen (secondary N) is 1. The molecule has 100 valence electrons. The van der Waals surface area contributed by atoms with E-state index < -0.39 is 0 Å². The standard InChI is InChI=1S/C16H11Cl2NO/c17-11-4-1-3-10(7-11)8-15(20)13-9-19-16-12(13)5-2-6-14(16)18/h1-7,9,19H,8H2.